The first-order valence-electron chi connectivity index (χ1n) is 8.99. The Morgan fingerprint density at radius 3 is 2.24 bits per heavy atom. The quantitative estimate of drug-likeness (QED) is 0.305. The second kappa shape index (κ2) is 12.9. The van der Waals surface area contributed by atoms with Crippen molar-refractivity contribution >= 4 is 3.21 Å². The molecule has 29 heavy (non-hydrogen) atoms. The van der Waals surface area contributed by atoms with Crippen LogP contribution in [0, 0.1) is 6.07 Å². The number of fused-ring (bicyclic) bond motifs is 3. The molecule has 0 fully saturated rings. The Bertz CT molecular complexity index is 910. The van der Waals surface area contributed by atoms with Gasteiger partial charge in [0.1, 0.15) is 0 Å². The molecule has 0 aliphatic heterocycles. The van der Waals surface area contributed by atoms with Gasteiger partial charge in [0.2, 0.25) is 0 Å². The van der Waals surface area contributed by atoms with Crippen LogP contribution in [0.5, 0.6) is 0 Å². The molecule has 0 radical (unpaired) electrons. The summed E-state index contributed by atoms with van der Waals surface area (Å²) in [5.74, 6) is 0. The van der Waals surface area contributed by atoms with Gasteiger partial charge in [-0.05, 0) is 6.42 Å². The summed E-state index contributed by atoms with van der Waals surface area (Å²) >= 11 is 1.55. The van der Waals surface area contributed by atoms with Crippen LogP contribution in [0.15, 0.2) is 89.7 Å². The van der Waals surface area contributed by atoms with E-state index in [4.69, 9.17) is 4.42 Å². The summed E-state index contributed by atoms with van der Waals surface area (Å²) in [4.78, 5) is 0. The fourth-order valence-electron chi connectivity index (χ4n) is 2.99. The Morgan fingerprint density at radius 1 is 0.931 bits per heavy atom. The van der Waals surface area contributed by atoms with Crippen LogP contribution < -0.4 is 24.8 Å². The minimum absolute atomic E-state index is 0. The van der Waals surface area contributed by atoms with Crippen molar-refractivity contribution in [1.82, 2.24) is 0 Å². The van der Waals surface area contributed by atoms with E-state index in [2.05, 4.69) is 68.4 Å². The fourth-order valence-corrected chi connectivity index (χ4v) is 2.99. The molecular weight excluding hydrogens is 478 g/mol. The van der Waals surface area contributed by atoms with Gasteiger partial charge in [0.05, 0.1) is 0 Å². The Balaban J connectivity index is 0.000000237. The van der Waals surface area contributed by atoms with Crippen molar-refractivity contribution in [3.63, 3.8) is 0 Å². The normalized spacial score (nSPS) is 9.93. The minimum atomic E-state index is 0. The minimum Gasteiger partial charge on any atom is -1.00 e. The van der Waals surface area contributed by atoms with Crippen molar-refractivity contribution in [3.05, 3.63) is 103 Å². The van der Waals surface area contributed by atoms with E-state index in [-0.39, 0.29) is 24.8 Å². The first-order chi connectivity index (χ1) is 13.1. The molecule has 1 heterocycles. The second-order valence-electron chi connectivity index (χ2n) is 6.58. The second-order valence-corrected chi connectivity index (χ2v) is 9.04. The summed E-state index contributed by atoms with van der Waals surface area (Å²) < 4.78 is 6.44. The molecular formula is C25H22Cl2OZr-2. The van der Waals surface area contributed by atoms with E-state index in [1.807, 2.05) is 24.3 Å². The molecule has 1 aliphatic carbocycles. The SMILES string of the molecule is C[C](C)=[Zr+2].[Cl-].[Cl-].[c-]1cccc2c1Cc1ccccc1-2.c1cc[c-](-c2ccoc2)c1. The average molecular weight is 501 g/mol. The topological polar surface area (TPSA) is 13.1 Å². The molecule has 0 spiro atoms. The zero-order valence-electron chi connectivity index (χ0n) is 16.5. The van der Waals surface area contributed by atoms with Gasteiger partial charge >= 0.3 is 41.3 Å². The monoisotopic (exact) mass is 498 g/mol. The molecule has 5 rings (SSSR count). The van der Waals surface area contributed by atoms with E-state index < -0.39 is 0 Å². The maximum absolute atomic E-state index is 4.94. The van der Waals surface area contributed by atoms with Gasteiger partial charge in [-0.2, -0.15) is 42.0 Å². The van der Waals surface area contributed by atoms with E-state index in [1.165, 1.54) is 31.0 Å². The summed E-state index contributed by atoms with van der Waals surface area (Å²) in [6.07, 6.45) is 4.48. The van der Waals surface area contributed by atoms with Gasteiger partial charge in [-0.3, -0.25) is 0 Å². The standard InChI is InChI=1S/C13H9.C9H7O.C3H6.2ClH.Zr/c1-3-7-12-10(5-1)9-11-6-2-4-8-13(11)12;1-2-4-8(3-1)9-5-6-10-7-9;1-3-2;;;/h1-5,7-8H,9H2;1-7H;1-2H3;2*1H;/q2*-1;;;;+2/p-2. The van der Waals surface area contributed by atoms with Gasteiger partial charge in [0.15, 0.2) is 0 Å². The summed E-state index contributed by atoms with van der Waals surface area (Å²) in [5, 5.41) is 0. The van der Waals surface area contributed by atoms with Crippen molar-refractivity contribution in [2.75, 3.05) is 0 Å². The van der Waals surface area contributed by atoms with Crippen molar-refractivity contribution in [2.45, 2.75) is 20.3 Å². The van der Waals surface area contributed by atoms with Gasteiger partial charge in [-0.1, -0.05) is 52.6 Å². The third-order valence-corrected chi connectivity index (χ3v) is 4.13. The first-order valence-corrected chi connectivity index (χ1v) is 10.2. The molecule has 1 aromatic heterocycles. The summed E-state index contributed by atoms with van der Waals surface area (Å²) in [6, 6.07) is 28.2. The Morgan fingerprint density at radius 2 is 1.59 bits per heavy atom. The van der Waals surface area contributed by atoms with Crippen LogP contribution in [0.25, 0.3) is 22.3 Å². The average Bonchev–Trinajstić information content (AvgIpc) is 3.41. The van der Waals surface area contributed by atoms with Crippen LogP contribution >= 0.6 is 0 Å². The van der Waals surface area contributed by atoms with E-state index in [9.17, 15) is 0 Å². The van der Waals surface area contributed by atoms with Crippen molar-refractivity contribution < 1.29 is 53.5 Å². The van der Waals surface area contributed by atoms with Gasteiger partial charge in [-0.25, -0.2) is 0 Å². The van der Waals surface area contributed by atoms with E-state index in [1.54, 1.807) is 36.8 Å². The van der Waals surface area contributed by atoms with Crippen molar-refractivity contribution in [2.24, 2.45) is 0 Å². The van der Waals surface area contributed by atoms with Crippen LogP contribution in [0.4, 0.5) is 0 Å². The molecule has 4 aromatic rings. The number of halogens is 2. The van der Waals surface area contributed by atoms with E-state index >= 15 is 0 Å². The van der Waals surface area contributed by atoms with Crippen LogP contribution in [-0.4, -0.2) is 3.21 Å². The molecule has 0 N–H and O–H groups in total. The number of hydrogen-bond acceptors (Lipinski definition) is 1. The largest absolute Gasteiger partial charge is 1.00 e. The third kappa shape index (κ3) is 7.30. The molecule has 0 saturated heterocycles. The fraction of sp³-hybridized carbons (Fsp3) is 0.120. The number of furan rings is 1. The summed E-state index contributed by atoms with van der Waals surface area (Å²) in [5.41, 5.74) is 7.87. The molecule has 0 amide bonds. The van der Waals surface area contributed by atoms with Crippen LogP contribution in [0.3, 0.4) is 0 Å². The molecule has 3 aromatic carbocycles. The summed E-state index contributed by atoms with van der Waals surface area (Å²) in [6.45, 7) is 4.25. The molecule has 1 aliphatic rings. The Kier molecular flexibility index (Phi) is 11.3. The zero-order valence-corrected chi connectivity index (χ0v) is 20.4. The number of hydrogen-bond donors (Lipinski definition) is 0. The summed E-state index contributed by atoms with van der Waals surface area (Å²) in [7, 11) is 0. The van der Waals surface area contributed by atoms with Crippen LogP contribution in [0.1, 0.15) is 25.0 Å². The third-order valence-electron chi connectivity index (χ3n) is 4.13. The predicted octanol–water partition coefficient (Wildman–Crippen LogP) is 0.477. The smallest absolute Gasteiger partial charge is 0.0471 e. The predicted molar refractivity (Wildman–Crippen MR) is 110 cm³/mol. The molecule has 1 nitrogen and oxygen atoms in total. The molecule has 4 heteroatoms. The van der Waals surface area contributed by atoms with Gasteiger partial charge in [0, 0.05) is 12.5 Å². The molecule has 0 unspecified atom stereocenters. The molecule has 148 valence electrons. The van der Waals surface area contributed by atoms with Gasteiger partial charge in [-0.15, -0.1) is 17.7 Å². The number of rotatable bonds is 1. The maximum atomic E-state index is 4.94. The molecule has 0 atom stereocenters. The Labute approximate surface area is 200 Å². The Hall–Kier alpha value is -1.60. The van der Waals surface area contributed by atoms with Gasteiger partial charge in [0.25, 0.3) is 0 Å². The first kappa shape index (κ1) is 25.4. The molecule has 0 bridgehead atoms. The zero-order chi connectivity index (χ0) is 19.1. The van der Waals surface area contributed by atoms with E-state index in [0.29, 0.717) is 0 Å². The van der Waals surface area contributed by atoms with Gasteiger partial charge < -0.3 is 29.2 Å². The van der Waals surface area contributed by atoms with Crippen LogP contribution in [0.2, 0.25) is 0 Å². The number of benzene rings is 2. The van der Waals surface area contributed by atoms with Crippen molar-refractivity contribution in [1.29, 1.82) is 0 Å². The molecule has 0 saturated carbocycles. The maximum Gasteiger partial charge on any atom is 0.0471 e. The van der Waals surface area contributed by atoms with Crippen LogP contribution in [-0.2, 0) is 30.7 Å². The van der Waals surface area contributed by atoms with Crippen molar-refractivity contribution in [3.8, 4) is 22.3 Å². The van der Waals surface area contributed by atoms with E-state index in [0.717, 1.165) is 12.0 Å².